The van der Waals surface area contributed by atoms with E-state index < -0.39 is 0 Å². The third-order valence-corrected chi connectivity index (χ3v) is 4.76. The van der Waals surface area contributed by atoms with E-state index in [4.69, 9.17) is 17.3 Å². The van der Waals surface area contributed by atoms with Gasteiger partial charge in [0.1, 0.15) is 5.69 Å². The second kappa shape index (κ2) is 7.29. The fourth-order valence-electron chi connectivity index (χ4n) is 2.12. The Labute approximate surface area is 148 Å². The number of aromatic nitrogens is 1. The molecule has 2 amide bonds. The number of nitrogens with one attached hydrogen (secondary N) is 2. The van der Waals surface area contributed by atoms with Crippen LogP contribution in [0.1, 0.15) is 38.7 Å². The van der Waals surface area contributed by atoms with Gasteiger partial charge in [0.15, 0.2) is 0 Å². The molecule has 1 heterocycles. The predicted octanol–water partition coefficient (Wildman–Crippen LogP) is 2.44. The molecule has 1 aliphatic carbocycles. The highest BCUT2D eigenvalue weighted by Crippen LogP contribution is 2.24. The number of carbonyl (C=O) groups excluding carboxylic acids is 2. The number of hydrogen-bond acceptors (Lipinski definition) is 5. The first-order valence-corrected chi connectivity index (χ1v) is 8.89. The third-order valence-electron chi connectivity index (χ3n) is 3.52. The van der Waals surface area contributed by atoms with Crippen molar-refractivity contribution in [2.24, 2.45) is 5.73 Å². The first kappa shape index (κ1) is 16.9. The zero-order valence-electron chi connectivity index (χ0n) is 12.8. The van der Waals surface area contributed by atoms with Crippen molar-refractivity contribution in [3.63, 3.8) is 0 Å². The summed E-state index contributed by atoms with van der Waals surface area (Å²) < 4.78 is 0. The molecule has 0 atom stereocenters. The van der Waals surface area contributed by atoms with E-state index in [0.717, 1.165) is 17.8 Å². The Balaban J connectivity index is 1.71. The van der Waals surface area contributed by atoms with Gasteiger partial charge in [-0.2, -0.15) is 0 Å². The molecule has 1 fully saturated rings. The minimum absolute atomic E-state index is 0.225. The molecule has 1 aromatic carbocycles. The van der Waals surface area contributed by atoms with Crippen LogP contribution in [0.3, 0.4) is 0 Å². The second-order valence-corrected chi connectivity index (χ2v) is 6.91. The third kappa shape index (κ3) is 4.11. The number of halogens is 1. The summed E-state index contributed by atoms with van der Waals surface area (Å²) in [5, 5.41) is 8.49. The van der Waals surface area contributed by atoms with Gasteiger partial charge in [0.05, 0.1) is 15.6 Å². The number of amides is 2. The maximum absolute atomic E-state index is 12.3. The lowest BCUT2D eigenvalue weighted by Crippen LogP contribution is -2.25. The Hall–Kier alpha value is -1.96. The zero-order valence-corrected chi connectivity index (χ0v) is 14.4. The van der Waals surface area contributed by atoms with Crippen molar-refractivity contribution >= 4 is 40.4 Å². The monoisotopic (exact) mass is 364 g/mol. The smallest absolute Gasteiger partial charge is 0.275 e. The molecule has 3 rings (SSSR count). The van der Waals surface area contributed by atoms with Crippen molar-refractivity contribution in [2.45, 2.75) is 25.3 Å². The van der Waals surface area contributed by atoms with E-state index in [1.807, 2.05) is 0 Å². The molecule has 0 spiro atoms. The lowest BCUT2D eigenvalue weighted by molar-refractivity contribution is 0.0949. The maximum Gasteiger partial charge on any atom is 0.275 e. The van der Waals surface area contributed by atoms with E-state index in [2.05, 4.69) is 15.6 Å². The molecule has 126 valence electrons. The number of carbonyl (C=O) groups is 2. The highest BCUT2D eigenvalue weighted by Gasteiger charge is 2.25. The zero-order chi connectivity index (χ0) is 17.1. The molecular weight excluding hydrogens is 348 g/mol. The lowest BCUT2D eigenvalue weighted by Gasteiger charge is -2.09. The Morgan fingerprint density at radius 3 is 2.83 bits per heavy atom. The summed E-state index contributed by atoms with van der Waals surface area (Å²) in [6, 6.07) is 5.06. The van der Waals surface area contributed by atoms with E-state index >= 15 is 0 Å². The lowest BCUT2D eigenvalue weighted by atomic mass is 10.2. The Bertz CT molecular complexity index is 773. The van der Waals surface area contributed by atoms with Crippen LogP contribution in [0.2, 0.25) is 5.02 Å². The van der Waals surface area contributed by atoms with Crippen LogP contribution in [0.15, 0.2) is 23.6 Å². The Morgan fingerprint density at radius 1 is 1.33 bits per heavy atom. The summed E-state index contributed by atoms with van der Waals surface area (Å²) in [5.74, 6) is -0.553. The summed E-state index contributed by atoms with van der Waals surface area (Å²) in [7, 11) is 0. The molecule has 6 nitrogen and oxygen atoms in total. The van der Waals surface area contributed by atoms with Crippen LogP contribution in [-0.4, -0.2) is 29.4 Å². The van der Waals surface area contributed by atoms with Crippen LogP contribution in [-0.2, 0) is 6.42 Å². The van der Waals surface area contributed by atoms with Crippen LogP contribution in [0.25, 0.3) is 0 Å². The van der Waals surface area contributed by atoms with Crippen LogP contribution >= 0.6 is 22.9 Å². The summed E-state index contributed by atoms with van der Waals surface area (Å²) >= 11 is 7.49. The number of rotatable bonds is 6. The van der Waals surface area contributed by atoms with Gasteiger partial charge in [0.25, 0.3) is 11.8 Å². The molecule has 1 saturated carbocycles. The van der Waals surface area contributed by atoms with Crippen LogP contribution < -0.4 is 16.4 Å². The van der Waals surface area contributed by atoms with Crippen molar-refractivity contribution in [3.05, 3.63) is 44.9 Å². The summed E-state index contributed by atoms with van der Waals surface area (Å²) in [6.45, 7) is 0.491. The molecule has 0 radical (unpaired) electrons. The summed E-state index contributed by atoms with van der Waals surface area (Å²) in [4.78, 5) is 28.7. The van der Waals surface area contributed by atoms with Gasteiger partial charge in [-0.3, -0.25) is 9.59 Å². The predicted molar refractivity (Wildman–Crippen MR) is 94.8 cm³/mol. The molecular formula is C16H17ClN4O2S. The minimum Gasteiger partial charge on any atom is -0.349 e. The van der Waals surface area contributed by atoms with Crippen molar-refractivity contribution in [1.82, 2.24) is 10.3 Å². The number of nitrogens with zero attached hydrogens (tertiary/aromatic N) is 1. The molecule has 1 aromatic heterocycles. The van der Waals surface area contributed by atoms with Crippen molar-refractivity contribution in [1.29, 1.82) is 0 Å². The summed E-state index contributed by atoms with van der Waals surface area (Å²) in [6.07, 6.45) is 2.63. The number of hydrogen-bond donors (Lipinski definition) is 3. The number of nitrogens with two attached hydrogens (primary N) is 1. The number of benzene rings is 1. The topological polar surface area (TPSA) is 97.1 Å². The van der Waals surface area contributed by atoms with Crippen molar-refractivity contribution in [2.75, 3.05) is 11.9 Å². The van der Waals surface area contributed by atoms with Gasteiger partial charge in [-0.1, -0.05) is 11.6 Å². The SMILES string of the molecule is NCCc1nc(C(=O)Nc2ccc(Cl)c(C(=O)NC3CC3)c2)cs1. The fourth-order valence-corrected chi connectivity index (χ4v) is 3.11. The first-order valence-electron chi connectivity index (χ1n) is 7.63. The van der Waals surface area contributed by atoms with Gasteiger partial charge in [0.2, 0.25) is 0 Å². The van der Waals surface area contributed by atoms with Gasteiger partial charge >= 0.3 is 0 Å². The first-order chi connectivity index (χ1) is 11.6. The van der Waals surface area contributed by atoms with Gasteiger partial charge in [0, 0.05) is 23.5 Å². The number of thiazole rings is 1. The average Bonchev–Trinajstić information content (AvgIpc) is 3.24. The molecule has 4 N–H and O–H groups in total. The van der Waals surface area contributed by atoms with E-state index in [1.54, 1.807) is 23.6 Å². The molecule has 2 aromatic rings. The maximum atomic E-state index is 12.3. The quantitative estimate of drug-likeness (QED) is 0.733. The fraction of sp³-hybridized carbons (Fsp3) is 0.312. The average molecular weight is 365 g/mol. The Kier molecular flexibility index (Phi) is 5.13. The molecule has 0 bridgehead atoms. The van der Waals surface area contributed by atoms with E-state index in [9.17, 15) is 9.59 Å². The molecule has 24 heavy (non-hydrogen) atoms. The van der Waals surface area contributed by atoms with Crippen molar-refractivity contribution < 1.29 is 9.59 Å². The highest BCUT2D eigenvalue weighted by atomic mass is 35.5. The second-order valence-electron chi connectivity index (χ2n) is 5.56. The standard InChI is InChI=1S/C16H17ClN4O2S/c17-12-4-3-10(7-11(12)15(22)19-9-1-2-9)20-16(23)13-8-24-14(21-13)5-6-18/h3-4,7-9H,1-2,5-6,18H2,(H,19,22)(H,20,23). The van der Waals surface area contributed by atoms with E-state index in [1.165, 1.54) is 11.3 Å². The molecule has 0 aliphatic heterocycles. The molecule has 8 heteroatoms. The molecule has 0 unspecified atom stereocenters. The van der Waals surface area contributed by atoms with Crippen LogP contribution in [0.4, 0.5) is 5.69 Å². The van der Waals surface area contributed by atoms with Crippen LogP contribution in [0, 0.1) is 0 Å². The van der Waals surface area contributed by atoms with E-state index in [-0.39, 0.29) is 17.9 Å². The molecule has 0 saturated heterocycles. The van der Waals surface area contributed by atoms with Gasteiger partial charge < -0.3 is 16.4 Å². The van der Waals surface area contributed by atoms with Crippen LogP contribution in [0.5, 0.6) is 0 Å². The van der Waals surface area contributed by atoms with Crippen molar-refractivity contribution in [3.8, 4) is 0 Å². The summed E-state index contributed by atoms with van der Waals surface area (Å²) in [5.41, 5.74) is 6.67. The Morgan fingerprint density at radius 2 is 2.12 bits per heavy atom. The number of anilines is 1. The van der Waals surface area contributed by atoms with Gasteiger partial charge in [-0.05, 0) is 37.6 Å². The van der Waals surface area contributed by atoms with Gasteiger partial charge in [-0.25, -0.2) is 4.98 Å². The largest absolute Gasteiger partial charge is 0.349 e. The van der Waals surface area contributed by atoms with Gasteiger partial charge in [-0.15, -0.1) is 11.3 Å². The van der Waals surface area contributed by atoms with E-state index in [0.29, 0.717) is 34.9 Å². The normalized spacial score (nSPS) is 13.6. The molecule has 1 aliphatic rings. The minimum atomic E-state index is -0.328. The highest BCUT2D eigenvalue weighted by molar-refractivity contribution is 7.09.